The molecular formula is C23H29N4OS+. The quantitative estimate of drug-likeness (QED) is 0.657. The van der Waals surface area contributed by atoms with Gasteiger partial charge in [0.2, 0.25) is 4.77 Å². The molecule has 0 unspecified atom stereocenters. The van der Waals surface area contributed by atoms with Crippen LogP contribution < -0.4 is 4.90 Å². The number of quaternary nitrogens is 1. The van der Waals surface area contributed by atoms with E-state index in [4.69, 9.17) is 22.1 Å². The molecule has 0 amide bonds. The number of aryl methyl sites for hydroxylation is 1. The lowest BCUT2D eigenvalue weighted by atomic mass is 10.0. The van der Waals surface area contributed by atoms with E-state index in [0.29, 0.717) is 5.92 Å². The first-order chi connectivity index (χ1) is 14.0. The second-order valence-corrected chi connectivity index (χ2v) is 8.41. The van der Waals surface area contributed by atoms with E-state index in [1.54, 1.807) is 0 Å². The second kappa shape index (κ2) is 8.61. The van der Waals surface area contributed by atoms with Crippen molar-refractivity contribution < 1.29 is 9.64 Å². The zero-order valence-electron chi connectivity index (χ0n) is 17.4. The lowest BCUT2D eigenvalue weighted by molar-refractivity contribution is -0.930. The fourth-order valence-corrected chi connectivity index (χ4v) is 4.12. The second-order valence-electron chi connectivity index (χ2n) is 8.04. The smallest absolute Gasteiger partial charge is 0.207 e. The number of ether oxygens (including phenoxy) is 1. The normalized spacial score (nSPS) is 15.2. The van der Waals surface area contributed by atoms with Crippen LogP contribution in [0, 0.1) is 11.7 Å². The van der Waals surface area contributed by atoms with Crippen molar-refractivity contribution in [2.24, 2.45) is 0 Å². The summed E-state index contributed by atoms with van der Waals surface area (Å²) >= 11 is 5.95. The van der Waals surface area contributed by atoms with Gasteiger partial charge in [-0.1, -0.05) is 61.9 Å². The van der Waals surface area contributed by atoms with Gasteiger partial charge < -0.3 is 9.64 Å². The summed E-state index contributed by atoms with van der Waals surface area (Å²) in [6.07, 6.45) is 0. The molecule has 5 nitrogen and oxygen atoms in total. The monoisotopic (exact) mass is 409 g/mol. The van der Waals surface area contributed by atoms with E-state index in [0.717, 1.165) is 54.8 Å². The van der Waals surface area contributed by atoms with Gasteiger partial charge in [-0.05, 0) is 36.7 Å². The van der Waals surface area contributed by atoms with Crippen LogP contribution in [-0.2, 0) is 11.4 Å². The predicted molar refractivity (Wildman–Crippen MR) is 118 cm³/mol. The van der Waals surface area contributed by atoms with Gasteiger partial charge in [-0.2, -0.15) is 4.68 Å². The summed E-state index contributed by atoms with van der Waals surface area (Å²) < 4.78 is 10.4. The summed E-state index contributed by atoms with van der Waals surface area (Å²) in [6.45, 7) is 10.9. The van der Waals surface area contributed by atoms with Crippen molar-refractivity contribution in [1.29, 1.82) is 0 Å². The molecule has 0 bridgehead atoms. The third-order valence-electron chi connectivity index (χ3n) is 5.52. The fourth-order valence-electron chi connectivity index (χ4n) is 3.83. The third kappa shape index (κ3) is 4.20. The van der Waals surface area contributed by atoms with Crippen LogP contribution in [0.15, 0.2) is 48.5 Å². The van der Waals surface area contributed by atoms with Crippen LogP contribution in [0.4, 0.5) is 0 Å². The van der Waals surface area contributed by atoms with Gasteiger partial charge in [-0.15, -0.1) is 5.10 Å². The van der Waals surface area contributed by atoms with Gasteiger partial charge in [0.25, 0.3) is 0 Å². The summed E-state index contributed by atoms with van der Waals surface area (Å²) in [6, 6.07) is 17.0. The summed E-state index contributed by atoms with van der Waals surface area (Å²) in [4.78, 5) is 1.45. The first-order valence-corrected chi connectivity index (χ1v) is 10.7. The lowest BCUT2D eigenvalue weighted by Gasteiger charge is -2.23. The number of para-hydroxylation sites is 1. The Morgan fingerprint density at radius 1 is 1.07 bits per heavy atom. The molecule has 1 aliphatic heterocycles. The van der Waals surface area contributed by atoms with Crippen molar-refractivity contribution >= 4 is 12.2 Å². The molecule has 1 N–H and O–H groups in total. The summed E-state index contributed by atoms with van der Waals surface area (Å²) in [5, 5.41) is 4.99. The van der Waals surface area contributed by atoms with Crippen molar-refractivity contribution in [3.63, 3.8) is 0 Å². The number of hydrogen-bond donors (Lipinski definition) is 1. The minimum absolute atomic E-state index is 0.396. The van der Waals surface area contributed by atoms with Crippen LogP contribution in [0.25, 0.3) is 17.1 Å². The Labute approximate surface area is 177 Å². The number of benzene rings is 2. The Hall–Kier alpha value is -2.28. The molecule has 6 heteroatoms. The molecule has 1 fully saturated rings. The molecule has 2 heterocycles. The van der Waals surface area contributed by atoms with E-state index in [1.165, 1.54) is 16.0 Å². The maximum atomic E-state index is 5.95. The zero-order chi connectivity index (χ0) is 20.4. The van der Waals surface area contributed by atoms with Gasteiger partial charge in [0.05, 0.1) is 18.9 Å². The van der Waals surface area contributed by atoms with Gasteiger partial charge in [-0.25, -0.2) is 0 Å². The van der Waals surface area contributed by atoms with E-state index in [2.05, 4.69) is 73.9 Å². The van der Waals surface area contributed by atoms with Gasteiger partial charge in [0.15, 0.2) is 12.5 Å². The highest BCUT2D eigenvalue weighted by Crippen LogP contribution is 2.28. The van der Waals surface area contributed by atoms with Crippen molar-refractivity contribution in [2.45, 2.75) is 33.4 Å². The summed E-state index contributed by atoms with van der Waals surface area (Å²) in [7, 11) is 0. The maximum Gasteiger partial charge on any atom is 0.207 e. The Balaban J connectivity index is 1.86. The van der Waals surface area contributed by atoms with Crippen LogP contribution in [0.3, 0.4) is 0 Å². The summed E-state index contributed by atoms with van der Waals surface area (Å²) in [5.41, 5.74) is 4.70. The molecule has 0 atom stereocenters. The van der Waals surface area contributed by atoms with Gasteiger partial charge in [0.1, 0.15) is 13.1 Å². The highest BCUT2D eigenvalue weighted by molar-refractivity contribution is 7.71. The minimum Gasteiger partial charge on any atom is -0.370 e. The number of hydrogen-bond acceptors (Lipinski definition) is 3. The first kappa shape index (κ1) is 20.0. The molecule has 0 spiro atoms. The van der Waals surface area contributed by atoms with Crippen molar-refractivity contribution in [3.05, 3.63) is 64.4 Å². The standard InChI is InChI=1S/C23H28N4OS/c1-17(2)20-6-4-5-7-21(20)27-22(19-10-8-18(3)9-11-19)24-26(23(27)29)16-25-12-14-28-15-13-25/h4-11,17H,12-16H2,1-3H3/p+1. The number of nitrogens with zero attached hydrogens (tertiary/aromatic N) is 3. The highest BCUT2D eigenvalue weighted by Gasteiger charge is 2.21. The van der Waals surface area contributed by atoms with Crippen LogP contribution in [0.5, 0.6) is 0 Å². The van der Waals surface area contributed by atoms with Crippen molar-refractivity contribution in [2.75, 3.05) is 26.3 Å². The molecule has 0 aliphatic carbocycles. The molecule has 1 aromatic heterocycles. The minimum atomic E-state index is 0.396. The highest BCUT2D eigenvalue weighted by atomic mass is 32.1. The average molecular weight is 410 g/mol. The Morgan fingerprint density at radius 2 is 1.76 bits per heavy atom. The fraction of sp³-hybridized carbons (Fsp3) is 0.391. The average Bonchev–Trinajstić information content (AvgIpc) is 3.05. The van der Waals surface area contributed by atoms with Crippen LogP contribution in [0.1, 0.15) is 30.9 Å². The Morgan fingerprint density at radius 3 is 2.45 bits per heavy atom. The molecule has 1 aliphatic rings. The van der Waals surface area contributed by atoms with E-state index >= 15 is 0 Å². The van der Waals surface area contributed by atoms with Crippen molar-refractivity contribution in [1.82, 2.24) is 14.3 Å². The van der Waals surface area contributed by atoms with Crippen molar-refractivity contribution in [3.8, 4) is 17.1 Å². The van der Waals surface area contributed by atoms with E-state index < -0.39 is 0 Å². The first-order valence-electron chi connectivity index (χ1n) is 10.3. The van der Waals surface area contributed by atoms with Crippen LogP contribution >= 0.6 is 12.2 Å². The molecular weight excluding hydrogens is 380 g/mol. The molecule has 2 aromatic carbocycles. The van der Waals surface area contributed by atoms with E-state index in [9.17, 15) is 0 Å². The molecule has 1 saturated heterocycles. The number of aromatic nitrogens is 3. The SMILES string of the molecule is Cc1ccc(-c2nn(C[NH+]3CCOCC3)c(=S)n2-c2ccccc2C(C)C)cc1. The molecule has 152 valence electrons. The van der Waals surface area contributed by atoms with Crippen LogP contribution in [-0.4, -0.2) is 40.7 Å². The third-order valence-corrected chi connectivity index (χ3v) is 5.92. The lowest BCUT2D eigenvalue weighted by Crippen LogP contribution is -3.13. The van der Waals surface area contributed by atoms with Gasteiger partial charge in [0, 0.05) is 5.56 Å². The van der Waals surface area contributed by atoms with Gasteiger partial charge >= 0.3 is 0 Å². The Bertz CT molecular complexity index is 1030. The number of morpholine rings is 1. The maximum absolute atomic E-state index is 5.95. The Kier molecular flexibility index (Phi) is 5.94. The van der Waals surface area contributed by atoms with E-state index in [-0.39, 0.29) is 0 Å². The molecule has 3 aromatic rings. The summed E-state index contributed by atoms with van der Waals surface area (Å²) in [5.74, 6) is 1.29. The molecule has 0 radical (unpaired) electrons. The zero-order valence-corrected chi connectivity index (χ0v) is 18.2. The molecule has 4 rings (SSSR count). The number of rotatable bonds is 5. The number of nitrogens with one attached hydrogen (secondary N) is 1. The largest absolute Gasteiger partial charge is 0.370 e. The molecule has 0 saturated carbocycles. The van der Waals surface area contributed by atoms with Gasteiger partial charge in [-0.3, -0.25) is 4.57 Å². The van der Waals surface area contributed by atoms with Crippen LogP contribution in [0.2, 0.25) is 0 Å². The topological polar surface area (TPSA) is 36.4 Å². The molecule has 29 heavy (non-hydrogen) atoms. The predicted octanol–water partition coefficient (Wildman–Crippen LogP) is 3.37. The van der Waals surface area contributed by atoms with E-state index in [1.807, 2.05) is 4.68 Å².